The summed E-state index contributed by atoms with van der Waals surface area (Å²) in [4.78, 5) is 0. The van der Waals surface area contributed by atoms with E-state index in [1.54, 1.807) is 0 Å². The van der Waals surface area contributed by atoms with E-state index in [0.717, 1.165) is 19.1 Å². The lowest BCUT2D eigenvalue weighted by Gasteiger charge is -2.24. The van der Waals surface area contributed by atoms with Crippen LogP contribution in [0.15, 0.2) is 23.5 Å². The van der Waals surface area contributed by atoms with E-state index in [4.69, 9.17) is 9.47 Å². The zero-order valence-corrected chi connectivity index (χ0v) is 18.3. The SMILES string of the molecule is C1=C(C2=CCCCCO2)CCCCC1.C1CCCC(C2CCCCCO2)CC1. The summed E-state index contributed by atoms with van der Waals surface area (Å²) in [7, 11) is 0. The van der Waals surface area contributed by atoms with Crippen molar-refractivity contribution in [2.24, 2.45) is 5.92 Å². The average molecular weight is 389 g/mol. The van der Waals surface area contributed by atoms with E-state index in [1.807, 2.05) is 0 Å². The van der Waals surface area contributed by atoms with E-state index in [-0.39, 0.29) is 0 Å². The third kappa shape index (κ3) is 7.93. The van der Waals surface area contributed by atoms with Gasteiger partial charge in [-0.2, -0.15) is 0 Å². The van der Waals surface area contributed by atoms with Crippen molar-refractivity contribution in [2.45, 2.75) is 122 Å². The summed E-state index contributed by atoms with van der Waals surface area (Å²) in [5.74, 6) is 2.10. The molecule has 4 rings (SSSR count). The van der Waals surface area contributed by atoms with Crippen molar-refractivity contribution in [3.63, 3.8) is 0 Å². The molecule has 4 aliphatic rings. The molecular formula is C26H44O2. The largest absolute Gasteiger partial charge is 0.494 e. The Kier molecular flexibility index (Phi) is 10.5. The lowest BCUT2D eigenvalue weighted by Crippen LogP contribution is -2.23. The average Bonchev–Trinajstić information content (AvgIpc) is 3.32. The van der Waals surface area contributed by atoms with Crippen LogP contribution >= 0.6 is 0 Å². The first-order chi connectivity index (χ1) is 13.9. The van der Waals surface area contributed by atoms with Crippen LogP contribution < -0.4 is 0 Å². The van der Waals surface area contributed by atoms with Gasteiger partial charge >= 0.3 is 0 Å². The third-order valence-electron chi connectivity index (χ3n) is 6.93. The molecule has 0 amide bonds. The summed E-state index contributed by atoms with van der Waals surface area (Å²) in [5.41, 5.74) is 1.48. The van der Waals surface area contributed by atoms with Crippen molar-refractivity contribution in [3.8, 4) is 0 Å². The molecule has 160 valence electrons. The van der Waals surface area contributed by atoms with E-state index in [2.05, 4.69) is 12.2 Å². The number of hydrogen-bond donors (Lipinski definition) is 0. The van der Waals surface area contributed by atoms with Crippen LogP contribution in [0.4, 0.5) is 0 Å². The molecule has 0 aromatic carbocycles. The highest BCUT2D eigenvalue weighted by Crippen LogP contribution is 2.31. The fraction of sp³-hybridized carbons (Fsp3) is 0.846. The molecule has 1 saturated heterocycles. The van der Waals surface area contributed by atoms with Crippen molar-refractivity contribution in [1.82, 2.24) is 0 Å². The Hall–Kier alpha value is -0.760. The van der Waals surface area contributed by atoms with Gasteiger partial charge in [0.05, 0.1) is 12.7 Å². The molecule has 0 aromatic heterocycles. The van der Waals surface area contributed by atoms with Gasteiger partial charge in [0.25, 0.3) is 0 Å². The second-order valence-electron chi connectivity index (χ2n) is 9.25. The molecule has 2 heteroatoms. The fourth-order valence-corrected chi connectivity index (χ4v) is 5.18. The van der Waals surface area contributed by atoms with E-state index in [0.29, 0.717) is 6.10 Å². The van der Waals surface area contributed by atoms with Crippen LogP contribution in [0.1, 0.15) is 116 Å². The lowest BCUT2D eigenvalue weighted by molar-refractivity contribution is 0.0116. The molecule has 1 unspecified atom stereocenters. The number of ether oxygens (including phenoxy) is 2. The molecule has 0 spiro atoms. The van der Waals surface area contributed by atoms with Crippen molar-refractivity contribution in [2.75, 3.05) is 13.2 Å². The Morgan fingerprint density at radius 2 is 1.29 bits per heavy atom. The Morgan fingerprint density at radius 1 is 0.607 bits per heavy atom. The number of rotatable bonds is 2. The van der Waals surface area contributed by atoms with Crippen LogP contribution in [0, 0.1) is 5.92 Å². The van der Waals surface area contributed by atoms with E-state index < -0.39 is 0 Å². The number of hydrogen-bond acceptors (Lipinski definition) is 2. The lowest BCUT2D eigenvalue weighted by atomic mass is 9.91. The molecule has 2 aliphatic heterocycles. The molecule has 2 aliphatic carbocycles. The van der Waals surface area contributed by atoms with Crippen molar-refractivity contribution in [1.29, 1.82) is 0 Å². The van der Waals surface area contributed by atoms with Crippen LogP contribution in [0.3, 0.4) is 0 Å². The Morgan fingerprint density at radius 3 is 2.18 bits per heavy atom. The summed E-state index contributed by atoms with van der Waals surface area (Å²) in [6, 6.07) is 0. The zero-order chi connectivity index (χ0) is 19.3. The minimum Gasteiger partial charge on any atom is -0.494 e. The first-order valence-electron chi connectivity index (χ1n) is 12.6. The molecule has 2 nitrogen and oxygen atoms in total. The Labute approximate surface area is 174 Å². The molecule has 0 aromatic rings. The summed E-state index contributed by atoms with van der Waals surface area (Å²) >= 11 is 0. The van der Waals surface area contributed by atoms with Gasteiger partial charge in [-0.05, 0) is 88.2 Å². The quantitative estimate of drug-likeness (QED) is 0.448. The molecule has 1 saturated carbocycles. The Bertz CT molecular complexity index is 419. The second-order valence-corrected chi connectivity index (χ2v) is 9.25. The predicted molar refractivity (Wildman–Crippen MR) is 118 cm³/mol. The van der Waals surface area contributed by atoms with Crippen molar-refractivity contribution < 1.29 is 9.47 Å². The zero-order valence-electron chi connectivity index (χ0n) is 18.3. The van der Waals surface area contributed by atoms with Crippen LogP contribution in [0.2, 0.25) is 0 Å². The summed E-state index contributed by atoms with van der Waals surface area (Å²) in [6.07, 6.45) is 29.7. The van der Waals surface area contributed by atoms with Gasteiger partial charge in [-0.15, -0.1) is 0 Å². The molecular weight excluding hydrogens is 344 g/mol. The highest BCUT2D eigenvalue weighted by molar-refractivity contribution is 5.26. The van der Waals surface area contributed by atoms with Crippen LogP contribution in [-0.4, -0.2) is 19.3 Å². The molecule has 1 atom stereocenters. The molecule has 0 radical (unpaired) electrons. The monoisotopic (exact) mass is 388 g/mol. The maximum absolute atomic E-state index is 6.00. The molecule has 2 fully saturated rings. The fourth-order valence-electron chi connectivity index (χ4n) is 5.18. The molecule has 0 bridgehead atoms. The van der Waals surface area contributed by atoms with Gasteiger partial charge in [0, 0.05) is 6.61 Å². The van der Waals surface area contributed by atoms with Gasteiger partial charge in [0.2, 0.25) is 0 Å². The summed E-state index contributed by atoms with van der Waals surface area (Å²) in [6.45, 7) is 1.95. The van der Waals surface area contributed by atoms with Gasteiger partial charge in [-0.3, -0.25) is 0 Å². The maximum Gasteiger partial charge on any atom is 0.118 e. The molecule has 2 heterocycles. The standard InChI is InChI=1S/C13H24O.C13H20O/c2*1-2-5-9-12(8-4-1)13-10-6-3-7-11-14-13/h12-13H,1-11H2;8,10H,1-7,9,11H2. The summed E-state index contributed by atoms with van der Waals surface area (Å²) < 4.78 is 11.8. The number of allylic oxidation sites excluding steroid dienone is 3. The second kappa shape index (κ2) is 13.5. The first-order valence-corrected chi connectivity index (χ1v) is 12.6. The predicted octanol–water partition coefficient (Wildman–Crippen LogP) is 7.88. The highest BCUT2D eigenvalue weighted by Gasteiger charge is 2.24. The smallest absolute Gasteiger partial charge is 0.118 e. The van der Waals surface area contributed by atoms with Crippen LogP contribution in [0.25, 0.3) is 0 Å². The molecule has 0 N–H and O–H groups in total. The maximum atomic E-state index is 6.00. The van der Waals surface area contributed by atoms with Gasteiger partial charge in [-0.25, -0.2) is 0 Å². The summed E-state index contributed by atoms with van der Waals surface area (Å²) in [5, 5.41) is 0. The van der Waals surface area contributed by atoms with E-state index in [9.17, 15) is 0 Å². The van der Waals surface area contributed by atoms with E-state index in [1.165, 1.54) is 127 Å². The minimum atomic E-state index is 0.621. The van der Waals surface area contributed by atoms with E-state index >= 15 is 0 Å². The topological polar surface area (TPSA) is 18.5 Å². The van der Waals surface area contributed by atoms with Gasteiger partial charge in [0.15, 0.2) is 0 Å². The highest BCUT2D eigenvalue weighted by atomic mass is 16.5. The van der Waals surface area contributed by atoms with Crippen LogP contribution in [0.5, 0.6) is 0 Å². The minimum absolute atomic E-state index is 0.621. The third-order valence-corrected chi connectivity index (χ3v) is 6.93. The van der Waals surface area contributed by atoms with Crippen molar-refractivity contribution in [3.05, 3.63) is 23.5 Å². The van der Waals surface area contributed by atoms with Gasteiger partial charge < -0.3 is 9.47 Å². The normalized spacial score (nSPS) is 28.1. The Balaban J connectivity index is 0.000000161. The first kappa shape index (κ1) is 21.9. The van der Waals surface area contributed by atoms with Crippen LogP contribution in [-0.2, 0) is 9.47 Å². The van der Waals surface area contributed by atoms with Gasteiger partial charge in [-0.1, -0.05) is 51.0 Å². The van der Waals surface area contributed by atoms with Gasteiger partial charge in [0.1, 0.15) is 5.76 Å². The molecule has 28 heavy (non-hydrogen) atoms. The van der Waals surface area contributed by atoms with Crippen molar-refractivity contribution >= 4 is 0 Å².